The number of hydrogen-bond donors (Lipinski definition) is 4. The van der Waals surface area contributed by atoms with E-state index in [0.717, 1.165) is 16.7 Å². The lowest BCUT2D eigenvalue weighted by Crippen LogP contribution is -2.50. The summed E-state index contributed by atoms with van der Waals surface area (Å²) in [6.45, 7) is 0.439. The monoisotopic (exact) mass is 487 g/mol. The van der Waals surface area contributed by atoms with E-state index < -0.39 is 23.8 Å². The lowest BCUT2D eigenvalue weighted by Gasteiger charge is -2.22. The SMILES string of the molecule is O=C(C[C@@H](CCc1ccccc1)C(=O)N[C@@H](Cc1ccccc1)C(=O)NCCc1ccccc1)NO. The topological polar surface area (TPSA) is 108 Å². The maximum atomic E-state index is 13.3. The molecule has 0 bridgehead atoms. The molecule has 0 aliphatic rings. The number of hydrogen-bond acceptors (Lipinski definition) is 4. The molecule has 3 aromatic rings. The van der Waals surface area contributed by atoms with Crippen LogP contribution in [0.3, 0.4) is 0 Å². The lowest BCUT2D eigenvalue weighted by molar-refractivity contribution is -0.136. The Balaban J connectivity index is 1.67. The van der Waals surface area contributed by atoms with E-state index in [9.17, 15) is 14.4 Å². The van der Waals surface area contributed by atoms with Crippen molar-refractivity contribution in [3.8, 4) is 0 Å². The van der Waals surface area contributed by atoms with Gasteiger partial charge in [-0.25, -0.2) is 5.48 Å². The first kappa shape index (κ1) is 26.6. The van der Waals surface area contributed by atoms with Crippen LogP contribution in [-0.4, -0.2) is 35.5 Å². The molecule has 3 amide bonds. The summed E-state index contributed by atoms with van der Waals surface area (Å²) in [4.78, 5) is 38.3. The Hall–Kier alpha value is -3.97. The summed E-state index contributed by atoms with van der Waals surface area (Å²) >= 11 is 0. The maximum Gasteiger partial charge on any atom is 0.244 e. The van der Waals surface area contributed by atoms with Crippen molar-refractivity contribution in [1.29, 1.82) is 0 Å². The number of carbonyl (C=O) groups excluding carboxylic acids is 3. The van der Waals surface area contributed by atoms with Crippen LogP contribution in [0, 0.1) is 5.92 Å². The van der Waals surface area contributed by atoms with Gasteiger partial charge in [-0.05, 0) is 36.0 Å². The second kappa shape index (κ2) is 14.4. The van der Waals surface area contributed by atoms with Gasteiger partial charge in [0.2, 0.25) is 17.7 Å². The molecule has 3 aromatic carbocycles. The van der Waals surface area contributed by atoms with Gasteiger partial charge in [0.1, 0.15) is 6.04 Å². The highest BCUT2D eigenvalue weighted by Crippen LogP contribution is 2.15. The lowest BCUT2D eigenvalue weighted by atomic mass is 9.94. The van der Waals surface area contributed by atoms with Crippen molar-refractivity contribution >= 4 is 17.7 Å². The van der Waals surface area contributed by atoms with Crippen LogP contribution in [-0.2, 0) is 33.6 Å². The summed E-state index contributed by atoms with van der Waals surface area (Å²) in [7, 11) is 0. The molecule has 0 heterocycles. The average molecular weight is 488 g/mol. The Morgan fingerprint density at radius 3 is 1.78 bits per heavy atom. The molecule has 188 valence electrons. The molecule has 0 fully saturated rings. The summed E-state index contributed by atoms with van der Waals surface area (Å²) in [5.41, 5.74) is 4.67. The van der Waals surface area contributed by atoms with Crippen molar-refractivity contribution in [2.24, 2.45) is 5.92 Å². The van der Waals surface area contributed by atoms with E-state index in [1.807, 2.05) is 91.0 Å². The second-order valence-electron chi connectivity index (χ2n) is 8.74. The standard InChI is InChI=1S/C29H33N3O4/c33-27(32-36)21-25(17-16-22-10-4-1-5-11-22)28(34)31-26(20-24-14-8-3-9-15-24)29(35)30-19-18-23-12-6-2-7-13-23/h1-15,25-26,36H,16-21H2,(H,30,35)(H,31,34)(H,32,33)/t25-,26+/m1/s1. The van der Waals surface area contributed by atoms with Crippen LogP contribution in [0.5, 0.6) is 0 Å². The van der Waals surface area contributed by atoms with Crippen LogP contribution < -0.4 is 16.1 Å². The molecular weight excluding hydrogens is 454 g/mol. The van der Waals surface area contributed by atoms with E-state index in [2.05, 4.69) is 10.6 Å². The molecule has 0 aliphatic heterocycles. The van der Waals surface area contributed by atoms with Gasteiger partial charge in [-0.2, -0.15) is 0 Å². The van der Waals surface area contributed by atoms with Gasteiger partial charge in [-0.1, -0.05) is 91.0 Å². The molecule has 0 aliphatic carbocycles. The van der Waals surface area contributed by atoms with E-state index in [-0.39, 0.29) is 12.3 Å². The van der Waals surface area contributed by atoms with Crippen LogP contribution in [0.4, 0.5) is 0 Å². The van der Waals surface area contributed by atoms with Crippen molar-refractivity contribution in [2.45, 2.75) is 38.1 Å². The molecule has 7 nitrogen and oxygen atoms in total. The third-order valence-corrected chi connectivity index (χ3v) is 6.02. The summed E-state index contributed by atoms with van der Waals surface area (Å²) in [5.74, 6) is -2.02. The average Bonchev–Trinajstić information content (AvgIpc) is 2.92. The Bertz CT molecular complexity index is 1090. The normalized spacial score (nSPS) is 12.2. The zero-order chi connectivity index (χ0) is 25.6. The largest absolute Gasteiger partial charge is 0.354 e. The Labute approximate surface area is 211 Å². The second-order valence-corrected chi connectivity index (χ2v) is 8.74. The third kappa shape index (κ3) is 9.00. The molecule has 0 radical (unpaired) electrons. The van der Waals surface area contributed by atoms with Gasteiger partial charge in [0.25, 0.3) is 0 Å². The van der Waals surface area contributed by atoms with Gasteiger partial charge in [-0.3, -0.25) is 19.6 Å². The first-order chi connectivity index (χ1) is 17.5. The first-order valence-electron chi connectivity index (χ1n) is 12.2. The summed E-state index contributed by atoms with van der Waals surface area (Å²) in [5, 5.41) is 14.8. The van der Waals surface area contributed by atoms with Crippen molar-refractivity contribution in [3.63, 3.8) is 0 Å². The van der Waals surface area contributed by atoms with Crippen LogP contribution in [0.2, 0.25) is 0 Å². The van der Waals surface area contributed by atoms with Crippen LogP contribution in [0.1, 0.15) is 29.5 Å². The van der Waals surface area contributed by atoms with Gasteiger partial charge in [0.15, 0.2) is 0 Å². The number of rotatable bonds is 13. The molecule has 3 rings (SSSR count). The quantitative estimate of drug-likeness (QED) is 0.219. The van der Waals surface area contributed by atoms with E-state index in [1.54, 1.807) is 5.48 Å². The smallest absolute Gasteiger partial charge is 0.244 e. The zero-order valence-electron chi connectivity index (χ0n) is 20.2. The van der Waals surface area contributed by atoms with Crippen LogP contribution in [0.25, 0.3) is 0 Å². The number of benzene rings is 3. The molecule has 0 spiro atoms. The van der Waals surface area contributed by atoms with E-state index in [1.165, 1.54) is 0 Å². The molecule has 2 atom stereocenters. The number of nitrogens with one attached hydrogen (secondary N) is 3. The fourth-order valence-electron chi connectivity index (χ4n) is 4.03. The Kier molecular flexibility index (Phi) is 10.7. The van der Waals surface area contributed by atoms with Crippen LogP contribution >= 0.6 is 0 Å². The molecule has 0 aromatic heterocycles. The van der Waals surface area contributed by atoms with Crippen molar-refractivity contribution in [3.05, 3.63) is 108 Å². The van der Waals surface area contributed by atoms with Crippen molar-refractivity contribution in [2.75, 3.05) is 6.54 Å². The highest BCUT2D eigenvalue weighted by Gasteiger charge is 2.27. The van der Waals surface area contributed by atoms with Gasteiger partial charge in [0, 0.05) is 25.3 Å². The minimum absolute atomic E-state index is 0.178. The Morgan fingerprint density at radius 2 is 1.22 bits per heavy atom. The highest BCUT2D eigenvalue weighted by molar-refractivity contribution is 5.90. The molecule has 4 N–H and O–H groups in total. The van der Waals surface area contributed by atoms with E-state index in [0.29, 0.717) is 32.2 Å². The molecule has 0 saturated carbocycles. The van der Waals surface area contributed by atoms with Crippen LogP contribution in [0.15, 0.2) is 91.0 Å². The van der Waals surface area contributed by atoms with Crippen molar-refractivity contribution < 1.29 is 19.6 Å². The summed E-state index contributed by atoms with van der Waals surface area (Å²) in [6.07, 6.45) is 1.81. The first-order valence-corrected chi connectivity index (χ1v) is 12.2. The summed E-state index contributed by atoms with van der Waals surface area (Å²) in [6, 6.07) is 28.2. The van der Waals surface area contributed by atoms with Gasteiger partial charge in [0.05, 0.1) is 0 Å². The molecule has 7 heteroatoms. The minimum Gasteiger partial charge on any atom is -0.354 e. The van der Waals surface area contributed by atoms with Gasteiger partial charge in [-0.15, -0.1) is 0 Å². The zero-order valence-corrected chi connectivity index (χ0v) is 20.2. The predicted octanol–water partition coefficient (Wildman–Crippen LogP) is 3.22. The van der Waals surface area contributed by atoms with E-state index in [4.69, 9.17) is 5.21 Å². The predicted molar refractivity (Wildman–Crippen MR) is 138 cm³/mol. The maximum absolute atomic E-state index is 13.3. The van der Waals surface area contributed by atoms with Gasteiger partial charge >= 0.3 is 0 Å². The van der Waals surface area contributed by atoms with Gasteiger partial charge < -0.3 is 10.6 Å². The minimum atomic E-state index is -0.799. The Morgan fingerprint density at radius 1 is 0.694 bits per heavy atom. The number of hydroxylamine groups is 1. The fourth-order valence-corrected chi connectivity index (χ4v) is 4.03. The number of aryl methyl sites for hydroxylation is 1. The fraction of sp³-hybridized carbons (Fsp3) is 0.276. The molecule has 0 unspecified atom stereocenters. The molecular formula is C29H33N3O4. The van der Waals surface area contributed by atoms with E-state index >= 15 is 0 Å². The van der Waals surface area contributed by atoms with Crippen molar-refractivity contribution in [1.82, 2.24) is 16.1 Å². The molecule has 36 heavy (non-hydrogen) atoms. The molecule has 0 saturated heterocycles. The summed E-state index contributed by atoms with van der Waals surface area (Å²) < 4.78 is 0. The highest BCUT2D eigenvalue weighted by atomic mass is 16.5. The number of carbonyl (C=O) groups is 3. The third-order valence-electron chi connectivity index (χ3n) is 6.02. The number of amides is 3.